The zero-order valence-electron chi connectivity index (χ0n) is 9.52. The van der Waals surface area contributed by atoms with Gasteiger partial charge in [0.2, 0.25) is 0 Å². The van der Waals surface area contributed by atoms with Crippen LogP contribution in [-0.2, 0) is 4.79 Å². The number of rotatable bonds is 4. The van der Waals surface area contributed by atoms with E-state index >= 15 is 0 Å². The molecule has 1 saturated heterocycles. The molecule has 0 aromatic rings. The van der Waals surface area contributed by atoms with Gasteiger partial charge < -0.3 is 10.0 Å². The van der Waals surface area contributed by atoms with Gasteiger partial charge in [-0.2, -0.15) is 0 Å². The van der Waals surface area contributed by atoms with Gasteiger partial charge in [-0.05, 0) is 39.3 Å². The number of carboxylic acid groups (broad SMARTS) is 1. The molecule has 15 heavy (non-hydrogen) atoms. The van der Waals surface area contributed by atoms with E-state index < -0.39 is 5.97 Å². The average molecular weight is 212 g/mol. The third-order valence-electron chi connectivity index (χ3n) is 3.64. The fraction of sp³-hybridized carbons (Fsp3) is 0.909. The second kappa shape index (κ2) is 4.10. The van der Waals surface area contributed by atoms with E-state index in [1.807, 2.05) is 0 Å². The largest absolute Gasteiger partial charge is 0.480 e. The smallest absolute Gasteiger partial charge is 0.321 e. The number of aliphatic carboxylic acids is 1. The van der Waals surface area contributed by atoms with Crippen LogP contribution in [-0.4, -0.2) is 60.1 Å². The molecule has 2 atom stereocenters. The van der Waals surface area contributed by atoms with Crippen LogP contribution < -0.4 is 0 Å². The van der Waals surface area contributed by atoms with Crippen molar-refractivity contribution in [2.45, 2.75) is 31.3 Å². The Kier molecular flexibility index (Phi) is 2.98. The predicted octanol–water partition coefficient (Wildman–Crippen LogP) is 0.485. The number of hydrogen-bond donors (Lipinski definition) is 1. The first-order chi connectivity index (χ1) is 7.09. The minimum atomic E-state index is -0.628. The maximum atomic E-state index is 11.2. The van der Waals surface area contributed by atoms with Crippen LogP contribution in [0.5, 0.6) is 0 Å². The molecule has 0 aromatic heterocycles. The Morgan fingerprint density at radius 1 is 1.40 bits per heavy atom. The van der Waals surface area contributed by atoms with Gasteiger partial charge in [0, 0.05) is 19.1 Å². The van der Waals surface area contributed by atoms with Gasteiger partial charge in [-0.1, -0.05) is 0 Å². The van der Waals surface area contributed by atoms with Crippen molar-refractivity contribution in [3.8, 4) is 0 Å². The van der Waals surface area contributed by atoms with Crippen molar-refractivity contribution < 1.29 is 9.90 Å². The Balaban J connectivity index is 1.95. The molecular formula is C11H20N2O2. The van der Waals surface area contributed by atoms with E-state index in [2.05, 4.69) is 23.9 Å². The van der Waals surface area contributed by atoms with E-state index in [4.69, 9.17) is 0 Å². The Morgan fingerprint density at radius 2 is 2.07 bits per heavy atom. The van der Waals surface area contributed by atoms with Gasteiger partial charge in [0.15, 0.2) is 0 Å². The van der Waals surface area contributed by atoms with Crippen LogP contribution in [0.3, 0.4) is 0 Å². The van der Waals surface area contributed by atoms with Crippen molar-refractivity contribution in [2.75, 3.05) is 27.2 Å². The molecule has 86 valence electrons. The first kappa shape index (κ1) is 10.9. The molecule has 1 aliphatic heterocycles. The van der Waals surface area contributed by atoms with E-state index in [0.29, 0.717) is 12.0 Å². The van der Waals surface area contributed by atoms with Gasteiger partial charge in [-0.3, -0.25) is 9.69 Å². The summed E-state index contributed by atoms with van der Waals surface area (Å²) in [6.45, 7) is 1.86. The van der Waals surface area contributed by atoms with Gasteiger partial charge in [-0.15, -0.1) is 0 Å². The van der Waals surface area contributed by atoms with Crippen LogP contribution in [0, 0.1) is 5.92 Å². The second-order valence-electron chi connectivity index (χ2n) is 5.02. The molecular weight excluding hydrogens is 192 g/mol. The standard InChI is InChI=1S/C11H20N2O2/c1-12(2)9-5-6-13(7-9)10(11(14)15)8-3-4-8/h8-10H,3-7H2,1-2H3,(H,14,15). The molecule has 2 unspecified atom stereocenters. The molecule has 4 nitrogen and oxygen atoms in total. The van der Waals surface area contributed by atoms with Crippen LogP contribution in [0.4, 0.5) is 0 Å². The highest BCUT2D eigenvalue weighted by Gasteiger charge is 2.42. The van der Waals surface area contributed by atoms with E-state index in [0.717, 1.165) is 32.4 Å². The van der Waals surface area contributed by atoms with Crippen LogP contribution in [0.15, 0.2) is 0 Å². The Labute approximate surface area is 90.9 Å². The third-order valence-corrected chi connectivity index (χ3v) is 3.64. The molecule has 4 heteroatoms. The summed E-state index contributed by atoms with van der Waals surface area (Å²) in [7, 11) is 4.14. The Hall–Kier alpha value is -0.610. The Bertz CT molecular complexity index is 251. The van der Waals surface area contributed by atoms with E-state index in [1.54, 1.807) is 0 Å². The van der Waals surface area contributed by atoms with Crippen molar-refractivity contribution in [1.82, 2.24) is 9.80 Å². The lowest BCUT2D eigenvalue weighted by atomic mass is 10.1. The molecule has 1 N–H and O–H groups in total. The minimum Gasteiger partial charge on any atom is -0.480 e. The number of nitrogens with zero attached hydrogens (tertiary/aromatic N) is 2. The van der Waals surface area contributed by atoms with Gasteiger partial charge >= 0.3 is 5.97 Å². The average Bonchev–Trinajstić information content (AvgIpc) is 2.81. The zero-order valence-corrected chi connectivity index (χ0v) is 9.52. The van der Waals surface area contributed by atoms with E-state index in [1.165, 1.54) is 0 Å². The third kappa shape index (κ3) is 2.32. The van der Waals surface area contributed by atoms with Crippen molar-refractivity contribution in [2.24, 2.45) is 5.92 Å². The molecule has 1 heterocycles. The van der Waals surface area contributed by atoms with Crippen LogP contribution in [0.25, 0.3) is 0 Å². The lowest BCUT2D eigenvalue weighted by molar-refractivity contribution is -0.143. The highest BCUT2D eigenvalue weighted by atomic mass is 16.4. The van der Waals surface area contributed by atoms with E-state index in [-0.39, 0.29) is 6.04 Å². The highest BCUT2D eigenvalue weighted by molar-refractivity contribution is 5.74. The van der Waals surface area contributed by atoms with Gasteiger partial charge in [0.25, 0.3) is 0 Å². The van der Waals surface area contributed by atoms with Crippen LogP contribution in [0.2, 0.25) is 0 Å². The molecule has 0 bridgehead atoms. The summed E-state index contributed by atoms with van der Waals surface area (Å²) in [6, 6.07) is 0.320. The molecule has 0 spiro atoms. The lowest BCUT2D eigenvalue weighted by Gasteiger charge is -2.25. The number of carbonyl (C=O) groups is 1. The summed E-state index contributed by atoms with van der Waals surface area (Å²) in [4.78, 5) is 15.5. The molecule has 2 fully saturated rings. The molecule has 2 rings (SSSR count). The summed E-state index contributed by atoms with van der Waals surface area (Å²) in [5.41, 5.74) is 0. The summed E-state index contributed by atoms with van der Waals surface area (Å²) in [6.07, 6.45) is 3.30. The summed E-state index contributed by atoms with van der Waals surface area (Å²) in [5.74, 6) is -0.208. The molecule has 0 amide bonds. The first-order valence-electron chi connectivity index (χ1n) is 5.73. The van der Waals surface area contributed by atoms with Gasteiger partial charge in [-0.25, -0.2) is 0 Å². The van der Waals surface area contributed by atoms with Crippen molar-refractivity contribution in [3.05, 3.63) is 0 Å². The van der Waals surface area contributed by atoms with Crippen molar-refractivity contribution >= 4 is 5.97 Å². The molecule has 1 aliphatic carbocycles. The minimum absolute atomic E-state index is 0.213. The van der Waals surface area contributed by atoms with Crippen molar-refractivity contribution in [1.29, 1.82) is 0 Å². The number of hydrogen-bond acceptors (Lipinski definition) is 3. The number of carboxylic acids is 1. The van der Waals surface area contributed by atoms with E-state index in [9.17, 15) is 9.90 Å². The highest BCUT2D eigenvalue weighted by Crippen LogP contribution is 2.36. The Morgan fingerprint density at radius 3 is 2.47 bits per heavy atom. The number of likely N-dealkylation sites (N-methyl/N-ethyl adjacent to an activating group) is 1. The zero-order chi connectivity index (χ0) is 11.0. The number of likely N-dealkylation sites (tertiary alicyclic amines) is 1. The topological polar surface area (TPSA) is 43.8 Å². The van der Waals surface area contributed by atoms with Gasteiger partial charge in [0.05, 0.1) is 0 Å². The van der Waals surface area contributed by atoms with Crippen molar-refractivity contribution in [3.63, 3.8) is 0 Å². The normalized spacial score (nSPS) is 29.7. The quantitative estimate of drug-likeness (QED) is 0.736. The first-order valence-corrected chi connectivity index (χ1v) is 5.73. The summed E-state index contributed by atoms with van der Waals surface area (Å²) < 4.78 is 0. The monoisotopic (exact) mass is 212 g/mol. The molecule has 0 aromatic carbocycles. The SMILES string of the molecule is CN(C)C1CCN(C(C(=O)O)C2CC2)C1. The predicted molar refractivity (Wildman–Crippen MR) is 57.8 cm³/mol. The molecule has 2 aliphatic rings. The summed E-state index contributed by atoms with van der Waals surface area (Å²) in [5, 5.41) is 9.21. The maximum Gasteiger partial charge on any atom is 0.321 e. The summed E-state index contributed by atoms with van der Waals surface area (Å²) >= 11 is 0. The fourth-order valence-corrected chi connectivity index (χ4v) is 2.51. The molecule has 0 radical (unpaired) electrons. The van der Waals surface area contributed by atoms with Crippen LogP contribution in [0.1, 0.15) is 19.3 Å². The lowest BCUT2D eigenvalue weighted by Crippen LogP contribution is -2.43. The second-order valence-corrected chi connectivity index (χ2v) is 5.02. The van der Waals surface area contributed by atoms with Gasteiger partial charge in [0.1, 0.15) is 6.04 Å². The molecule has 1 saturated carbocycles. The maximum absolute atomic E-state index is 11.2. The fourth-order valence-electron chi connectivity index (χ4n) is 2.51. The van der Waals surface area contributed by atoms with Crippen LogP contribution >= 0.6 is 0 Å².